The van der Waals surface area contributed by atoms with Crippen LogP contribution in [-0.4, -0.2) is 24.3 Å². The minimum atomic E-state index is -0.452. The monoisotopic (exact) mass is 325 g/mol. The SMILES string of the molecule is CC(=O)c1ccc(NC(=O)COC(=O)Cc2ccccc2C)cc1. The highest BCUT2D eigenvalue weighted by atomic mass is 16.5. The van der Waals surface area contributed by atoms with Gasteiger partial charge in [0.2, 0.25) is 0 Å². The normalized spacial score (nSPS) is 10.1. The first-order valence-corrected chi connectivity index (χ1v) is 7.56. The third-order valence-corrected chi connectivity index (χ3v) is 3.54. The predicted octanol–water partition coefficient (Wildman–Crippen LogP) is 2.92. The van der Waals surface area contributed by atoms with Crippen LogP contribution in [0, 0.1) is 6.92 Å². The lowest BCUT2D eigenvalue weighted by molar-refractivity contribution is -0.146. The van der Waals surface area contributed by atoms with Crippen molar-refractivity contribution in [2.24, 2.45) is 0 Å². The van der Waals surface area contributed by atoms with Crippen molar-refractivity contribution in [3.63, 3.8) is 0 Å². The molecule has 1 N–H and O–H groups in total. The van der Waals surface area contributed by atoms with Crippen LogP contribution in [0.1, 0.15) is 28.4 Å². The van der Waals surface area contributed by atoms with Gasteiger partial charge in [0.1, 0.15) is 0 Å². The van der Waals surface area contributed by atoms with E-state index in [9.17, 15) is 14.4 Å². The molecule has 124 valence electrons. The van der Waals surface area contributed by atoms with E-state index >= 15 is 0 Å². The first-order chi connectivity index (χ1) is 11.5. The van der Waals surface area contributed by atoms with E-state index in [1.54, 1.807) is 24.3 Å². The molecule has 0 radical (unpaired) electrons. The van der Waals surface area contributed by atoms with Crippen LogP contribution in [0.15, 0.2) is 48.5 Å². The minimum Gasteiger partial charge on any atom is -0.455 e. The third-order valence-electron chi connectivity index (χ3n) is 3.54. The average molecular weight is 325 g/mol. The number of ketones is 1. The van der Waals surface area contributed by atoms with Crippen molar-refractivity contribution in [3.8, 4) is 0 Å². The van der Waals surface area contributed by atoms with E-state index in [1.165, 1.54) is 6.92 Å². The van der Waals surface area contributed by atoms with E-state index in [1.807, 2.05) is 31.2 Å². The number of nitrogens with one attached hydrogen (secondary N) is 1. The Morgan fingerprint density at radius 1 is 1.00 bits per heavy atom. The molecular formula is C19H19NO4. The molecule has 0 spiro atoms. The zero-order valence-corrected chi connectivity index (χ0v) is 13.7. The summed E-state index contributed by atoms with van der Waals surface area (Å²) in [7, 11) is 0. The van der Waals surface area contributed by atoms with Gasteiger partial charge in [-0.3, -0.25) is 14.4 Å². The lowest BCUT2D eigenvalue weighted by Crippen LogP contribution is -2.21. The molecule has 0 unspecified atom stereocenters. The van der Waals surface area contributed by atoms with Crippen molar-refractivity contribution < 1.29 is 19.1 Å². The number of hydrogen-bond acceptors (Lipinski definition) is 4. The van der Waals surface area contributed by atoms with Crippen LogP contribution in [0.2, 0.25) is 0 Å². The number of aryl methyl sites for hydroxylation is 1. The summed E-state index contributed by atoms with van der Waals surface area (Å²) in [6.45, 7) is 3.04. The molecule has 0 aliphatic heterocycles. The maximum atomic E-state index is 11.8. The van der Waals surface area contributed by atoms with Crippen LogP contribution < -0.4 is 5.32 Å². The molecule has 0 bridgehead atoms. The summed E-state index contributed by atoms with van der Waals surface area (Å²) >= 11 is 0. The van der Waals surface area contributed by atoms with Crippen LogP contribution in [0.5, 0.6) is 0 Å². The number of Topliss-reactive ketones (excluding diaryl/α,β-unsaturated/α-hetero) is 1. The summed E-state index contributed by atoms with van der Waals surface area (Å²) in [6.07, 6.45) is 0.132. The van der Waals surface area contributed by atoms with Crippen molar-refractivity contribution in [2.75, 3.05) is 11.9 Å². The Bertz CT molecular complexity index is 750. The molecule has 0 saturated carbocycles. The first-order valence-electron chi connectivity index (χ1n) is 7.56. The number of carbonyl (C=O) groups is 3. The van der Waals surface area contributed by atoms with Gasteiger partial charge in [-0.25, -0.2) is 0 Å². The quantitative estimate of drug-likeness (QED) is 0.655. The molecule has 2 rings (SSSR count). The lowest BCUT2D eigenvalue weighted by atomic mass is 10.1. The summed E-state index contributed by atoms with van der Waals surface area (Å²) in [5.41, 5.74) is 2.99. The molecule has 2 aromatic rings. The number of esters is 1. The number of ether oxygens (including phenoxy) is 1. The number of amides is 1. The fourth-order valence-corrected chi connectivity index (χ4v) is 2.15. The molecular weight excluding hydrogens is 306 g/mol. The van der Waals surface area contributed by atoms with Gasteiger partial charge in [0, 0.05) is 11.3 Å². The number of anilines is 1. The number of rotatable bonds is 6. The fourth-order valence-electron chi connectivity index (χ4n) is 2.15. The van der Waals surface area contributed by atoms with Crippen molar-refractivity contribution in [1.82, 2.24) is 0 Å². The highest BCUT2D eigenvalue weighted by molar-refractivity contribution is 5.96. The lowest BCUT2D eigenvalue weighted by Gasteiger charge is -2.08. The summed E-state index contributed by atoms with van der Waals surface area (Å²) in [5, 5.41) is 2.61. The Hall–Kier alpha value is -2.95. The van der Waals surface area contributed by atoms with E-state index in [0.29, 0.717) is 11.3 Å². The van der Waals surface area contributed by atoms with Gasteiger partial charge < -0.3 is 10.1 Å². The smallest absolute Gasteiger partial charge is 0.310 e. The van der Waals surface area contributed by atoms with Crippen LogP contribution in [0.25, 0.3) is 0 Å². The summed E-state index contributed by atoms with van der Waals surface area (Å²) in [5.74, 6) is -0.923. The molecule has 0 atom stereocenters. The molecule has 2 aromatic carbocycles. The van der Waals surface area contributed by atoms with E-state index < -0.39 is 11.9 Å². The van der Waals surface area contributed by atoms with Crippen molar-refractivity contribution in [2.45, 2.75) is 20.3 Å². The van der Waals surface area contributed by atoms with Gasteiger partial charge in [0.15, 0.2) is 12.4 Å². The van der Waals surface area contributed by atoms with Gasteiger partial charge >= 0.3 is 5.97 Å². The van der Waals surface area contributed by atoms with Crippen LogP contribution in [0.4, 0.5) is 5.69 Å². The Kier molecular flexibility index (Phi) is 5.84. The second-order valence-electron chi connectivity index (χ2n) is 5.45. The van der Waals surface area contributed by atoms with Crippen LogP contribution in [0.3, 0.4) is 0 Å². The number of benzene rings is 2. The van der Waals surface area contributed by atoms with Gasteiger partial charge in [-0.1, -0.05) is 24.3 Å². The second-order valence-corrected chi connectivity index (χ2v) is 5.45. The zero-order valence-electron chi connectivity index (χ0n) is 13.7. The summed E-state index contributed by atoms with van der Waals surface area (Å²) < 4.78 is 4.99. The van der Waals surface area contributed by atoms with Crippen molar-refractivity contribution >= 4 is 23.3 Å². The van der Waals surface area contributed by atoms with Crippen molar-refractivity contribution in [3.05, 3.63) is 65.2 Å². The molecule has 0 aliphatic rings. The molecule has 0 fully saturated rings. The molecule has 1 amide bonds. The Morgan fingerprint density at radius 3 is 2.29 bits per heavy atom. The maximum Gasteiger partial charge on any atom is 0.310 e. The van der Waals surface area contributed by atoms with Crippen LogP contribution >= 0.6 is 0 Å². The minimum absolute atomic E-state index is 0.0435. The standard InChI is InChI=1S/C19H19NO4/c1-13-5-3-4-6-16(13)11-19(23)24-12-18(22)20-17-9-7-15(8-10-17)14(2)21/h3-10H,11-12H2,1-2H3,(H,20,22). The van der Waals surface area contributed by atoms with Gasteiger partial charge in [-0.15, -0.1) is 0 Å². The fraction of sp³-hybridized carbons (Fsp3) is 0.211. The molecule has 0 saturated heterocycles. The molecule has 5 heteroatoms. The first kappa shape index (κ1) is 17.4. The number of carbonyl (C=O) groups excluding carboxylic acids is 3. The topological polar surface area (TPSA) is 72.5 Å². The largest absolute Gasteiger partial charge is 0.455 e. The molecule has 0 heterocycles. The summed E-state index contributed by atoms with van der Waals surface area (Å²) in [6, 6.07) is 14.0. The number of hydrogen-bond donors (Lipinski definition) is 1. The van der Waals surface area contributed by atoms with Crippen molar-refractivity contribution in [1.29, 1.82) is 0 Å². The zero-order chi connectivity index (χ0) is 17.5. The van der Waals surface area contributed by atoms with E-state index in [-0.39, 0.29) is 18.8 Å². The average Bonchev–Trinajstić information content (AvgIpc) is 2.55. The molecule has 0 aliphatic carbocycles. The van der Waals surface area contributed by atoms with Gasteiger partial charge in [-0.05, 0) is 49.2 Å². The van der Waals surface area contributed by atoms with E-state index in [0.717, 1.165) is 11.1 Å². The Balaban J connectivity index is 1.81. The van der Waals surface area contributed by atoms with E-state index in [2.05, 4.69) is 5.32 Å². The van der Waals surface area contributed by atoms with Gasteiger partial charge in [0.25, 0.3) is 5.91 Å². The van der Waals surface area contributed by atoms with Gasteiger partial charge in [-0.2, -0.15) is 0 Å². The molecule has 24 heavy (non-hydrogen) atoms. The third kappa shape index (κ3) is 5.05. The maximum absolute atomic E-state index is 11.8. The van der Waals surface area contributed by atoms with Gasteiger partial charge in [0.05, 0.1) is 6.42 Å². The highest BCUT2D eigenvalue weighted by Crippen LogP contribution is 2.10. The Labute approximate surface area is 140 Å². The van der Waals surface area contributed by atoms with Crippen LogP contribution in [-0.2, 0) is 20.7 Å². The second kappa shape index (κ2) is 8.06. The summed E-state index contributed by atoms with van der Waals surface area (Å²) in [4.78, 5) is 34.8. The Morgan fingerprint density at radius 2 is 1.67 bits per heavy atom. The highest BCUT2D eigenvalue weighted by Gasteiger charge is 2.10. The predicted molar refractivity (Wildman–Crippen MR) is 90.9 cm³/mol. The molecule has 0 aromatic heterocycles. The van der Waals surface area contributed by atoms with E-state index in [4.69, 9.17) is 4.74 Å². The molecule has 5 nitrogen and oxygen atoms in total.